The van der Waals surface area contributed by atoms with Gasteiger partial charge in [-0.1, -0.05) is 49.2 Å². The number of rotatable bonds is 3. The lowest BCUT2D eigenvalue weighted by Crippen LogP contribution is -2.61. The fourth-order valence-corrected chi connectivity index (χ4v) is 7.90. The Morgan fingerprint density at radius 1 is 1.00 bits per heavy atom. The molecule has 1 heterocycles. The third kappa shape index (κ3) is 3.51. The molecule has 4 aliphatic rings. The van der Waals surface area contributed by atoms with Crippen molar-refractivity contribution in [1.29, 1.82) is 0 Å². The molecule has 6 rings (SSSR count). The number of fused-ring (bicyclic) bond motifs is 3. The van der Waals surface area contributed by atoms with Crippen LogP contribution in [0, 0.1) is 11.7 Å². The predicted octanol–water partition coefficient (Wildman–Crippen LogP) is 6.33. The van der Waals surface area contributed by atoms with Crippen molar-refractivity contribution in [3.63, 3.8) is 0 Å². The third-order valence-electron chi connectivity index (χ3n) is 9.83. The maximum atomic E-state index is 14.3. The molecule has 1 aliphatic heterocycles. The number of nitrogens with zero attached hydrogens (tertiary/aromatic N) is 2. The highest BCUT2D eigenvalue weighted by Gasteiger charge is 2.54. The smallest absolute Gasteiger partial charge is 0.226 e. The zero-order chi connectivity index (χ0) is 24.2. The molecule has 3 aliphatic carbocycles. The van der Waals surface area contributed by atoms with Crippen LogP contribution in [0.15, 0.2) is 54.1 Å². The summed E-state index contributed by atoms with van der Waals surface area (Å²) in [5.41, 5.74) is 6.47. The first-order valence-corrected chi connectivity index (χ1v) is 13.5. The van der Waals surface area contributed by atoms with Gasteiger partial charge in [-0.15, -0.1) is 0 Å². The number of carbonyl (C=O) groups excluding carboxylic acids is 1. The number of benzene rings is 2. The molecule has 35 heavy (non-hydrogen) atoms. The molecular formula is C31H37FN2O. The average Bonchev–Trinajstić information content (AvgIpc) is 3.53. The van der Waals surface area contributed by atoms with Crippen molar-refractivity contribution in [2.45, 2.75) is 75.3 Å². The summed E-state index contributed by atoms with van der Waals surface area (Å²) in [6.45, 7) is 0.831. The van der Waals surface area contributed by atoms with Crippen LogP contribution in [0.3, 0.4) is 0 Å². The molecule has 4 heteroatoms. The summed E-state index contributed by atoms with van der Waals surface area (Å²) in [6, 6.07) is 16.0. The highest BCUT2D eigenvalue weighted by atomic mass is 19.1. The van der Waals surface area contributed by atoms with Gasteiger partial charge < -0.3 is 4.90 Å². The number of amides is 1. The van der Waals surface area contributed by atoms with Gasteiger partial charge in [0, 0.05) is 18.0 Å². The molecule has 2 saturated carbocycles. The molecule has 3 nitrogen and oxygen atoms in total. The second-order valence-corrected chi connectivity index (χ2v) is 11.5. The minimum atomic E-state index is -0.209. The normalized spacial score (nSPS) is 28.6. The van der Waals surface area contributed by atoms with Gasteiger partial charge in [0.2, 0.25) is 5.91 Å². The molecule has 1 spiro atoms. The van der Waals surface area contributed by atoms with Crippen molar-refractivity contribution < 1.29 is 9.18 Å². The van der Waals surface area contributed by atoms with E-state index in [-0.39, 0.29) is 22.8 Å². The number of halogens is 1. The molecule has 0 unspecified atom stereocenters. The predicted molar refractivity (Wildman–Crippen MR) is 138 cm³/mol. The number of hydrogen-bond donors (Lipinski definition) is 0. The summed E-state index contributed by atoms with van der Waals surface area (Å²) in [4.78, 5) is 18.6. The molecule has 2 aromatic carbocycles. The van der Waals surface area contributed by atoms with E-state index in [9.17, 15) is 9.18 Å². The quantitative estimate of drug-likeness (QED) is 0.521. The van der Waals surface area contributed by atoms with E-state index in [1.807, 2.05) is 6.07 Å². The molecule has 0 bridgehead atoms. The second-order valence-electron chi connectivity index (χ2n) is 11.5. The average molecular weight is 473 g/mol. The van der Waals surface area contributed by atoms with Crippen LogP contribution in [0.25, 0.3) is 5.57 Å². The van der Waals surface area contributed by atoms with Crippen molar-refractivity contribution in [3.8, 4) is 0 Å². The third-order valence-corrected chi connectivity index (χ3v) is 9.83. The van der Waals surface area contributed by atoms with Crippen LogP contribution < -0.4 is 0 Å². The lowest BCUT2D eigenvalue weighted by Gasteiger charge is -2.56. The van der Waals surface area contributed by atoms with E-state index < -0.39 is 0 Å². The first-order valence-electron chi connectivity index (χ1n) is 13.5. The van der Waals surface area contributed by atoms with Crippen LogP contribution in [0.4, 0.5) is 4.39 Å². The Hall–Kier alpha value is -2.46. The zero-order valence-electron chi connectivity index (χ0n) is 21.2. The van der Waals surface area contributed by atoms with Gasteiger partial charge in [-0.05, 0) is 105 Å². The maximum absolute atomic E-state index is 14.3. The van der Waals surface area contributed by atoms with Gasteiger partial charge in [0.15, 0.2) is 0 Å². The Morgan fingerprint density at radius 3 is 2.46 bits per heavy atom. The first kappa shape index (κ1) is 23.0. The van der Waals surface area contributed by atoms with E-state index in [2.05, 4.69) is 54.2 Å². The minimum absolute atomic E-state index is 0.170. The van der Waals surface area contributed by atoms with Crippen LogP contribution in [-0.4, -0.2) is 41.9 Å². The van der Waals surface area contributed by atoms with Crippen molar-refractivity contribution in [2.24, 2.45) is 5.92 Å². The van der Waals surface area contributed by atoms with Gasteiger partial charge in [-0.3, -0.25) is 9.69 Å². The van der Waals surface area contributed by atoms with E-state index in [0.717, 1.165) is 63.5 Å². The van der Waals surface area contributed by atoms with E-state index in [0.29, 0.717) is 5.91 Å². The summed E-state index contributed by atoms with van der Waals surface area (Å²) in [7, 11) is 4.25. The summed E-state index contributed by atoms with van der Waals surface area (Å²) in [5.74, 6) is 0.422. The van der Waals surface area contributed by atoms with Crippen LogP contribution in [0.5, 0.6) is 0 Å². The molecule has 1 amide bonds. The molecule has 184 valence electrons. The van der Waals surface area contributed by atoms with E-state index in [1.54, 1.807) is 6.07 Å². The van der Waals surface area contributed by atoms with Crippen LogP contribution in [-0.2, 0) is 16.8 Å². The Bertz CT molecular complexity index is 1170. The molecule has 0 atom stereocenters. The van der Waals surface area contributed by atoms with E-state index >= 15 is 0 Å². The fraction of sp³-hybridized carbons (Fsp3) is 0.516. The molecular weight excluding hydrogens is 435 g/mol. The molecule has 0 saturated heterocycles. The highest BCUT2D eigenvalue weighted by molar-refractivity contribution is 5.85. The molecule has 2 aromatic rings. The van der Waals surface area contributed by atoms with Crippen molar-refractivity contribution in [1.82, 2.24) is 9.80 Å². The van der Waals surface area contributed by atoms with Gasteiger partial charge in [0.05, 0.1) is 5.54 Å². The summed E-state index contributed by atoms with van der Waals surface area (Å²) in [6.07, 6.45) is 10.1. The molecule has 0 aromatic heterocycles. The highest BCUT2D eigenvalue weighted by Crippen LogP contribution is 2.56. The van der Waals surface area contributed by atoms with E-state index in [4.69, 9.17) is 0 Å². The van der Waals surface area contributed by atoms with Crippen LogP contribution in [0.1, 0.15) is 74.5 Å². The van der Waals surface area contributed by atoms with Gasteiger partial charge in [0.1, 0.15) is 5.82 Å². The lowest BCUT2D eigenvalue weighted by molar-refractivity contribution is -0.143. The van der Waals surface area contributed by atoms with Crippen molar-refractivity contribution in [3.05, 3.63) is 76.6 Å². The molecule has 0 radical (unpaired) electrons. The van der Waals surface area contributed by atoms with Crippen molar-refractivity contribution in [2.75, 3.05) is 20.6 Å². The van der Waals surface area contributed by atoms with Gasteiger partial charge in [-0.25, -0.2) is 4.39 Å². The number of carbonyl (C=O) groups is 1. The maximum Gasteiger partial charge on any atom is 0.226 e. The number of hydrogen-bond acceptors (Lipinski definition) is 2. The van der Waals surface area contributed by atoms with Crippen LogP contribution >= 0.6 is 0 Å². The Morgan fingerprint density at radius 2 is 1.74 bits per heavy atom. The lowest BCUT2D eigenvalue weighted by atomic mass is 9.63. The Balaban J connectivity index is 1.41. The van der Waals surface area contributed by atoms with E-state index in [1.165, 1.54) is 41.2 Å². The SMILES string of the molecule is CN(C)C1(c2cccc(F)c2)CCC2(CC1)C1=C(CCN2C(=O)C2CCCC2)c2ccccc2C1. The summed E-state index contributed by atoms with van der Waals surface area (Å²) >= 11 is 0. The second kappa shape index (κ2) is 8.58. The van der Waals surface area contributed by atoms with Crippen molar-refractivity contribution >= 4 is 11.5 Å². The van der Waals surface area contributed by atoms with Gasteiger partial charge in [-0.2, -0.15) is 0 Å². The first-order chi connectivity index (χ1) is 16.9. The fourth-order valence-electron chi connectivity index (χ4n) is 7.90. The zero-order valence-corrected chi connectivity index (χ0v) is 21.2. The van der Waals surface area contributed by atoms with Crippen LogP contribution in [0.2, 0.25) is 0 Å². The summed E-state index contributed by atoms with van der Waals surface area (Å²) < 4.78 is 14.3. The Labute approximate surface area is 209 Å². The minimum Gasteiger partial charge on any atom is -0.333 e. The largest absolute Gasteiger partial charge is 0.333 e. The monoisotopic (exact) mass is 472 g/mol. The standard InChI is InChI=1S/C31H37FN2O/c1-33(2)30(24-11-7-12-25(32)21-24)15-17-31(18-16-30)28-20-23-10-5-6-13-26(23)27(28)14-19-34(31)29(35)22-8-3-4-9-22/h5-7,10-13,21-22H,3-4,8-9,14-20H2,1-2H3. The molecule has 0 N–H and O–H groups in total. The topological polar surface area (TPSA) is 23.6 Å². The molecule has 2 fully saturated rings. The van der Waals surface area contributed by atoms with Gasteiger partial charge >= 0.3 is 0 Å². The van der Waals surface area contributed by atoms with Gasteiger partial charge in [0.25, 0.3) is 0 Å². The Kier molecular flexibility index (Phi) is 5.63. The summed E-state index contributed by atoms with van der Waals surface area (Å²) in [5, 5.41) is 0.